The van der Waals surface area contributed by atoms with Crippen LogP contribution in [-0.2, 0) is 6.54 Å². The Balaban J connectivity index is 1.58. The molecule has 0 bridgehead atoms. The third-order valence-corrected chi connectivity index (χ3v) is 4.73. The van der Waals surface area contributed by atoms with Gasteiger partial charge >= 0.3 is 0 Å². The lowest BCUT2D eigenvalue weighted by Crippen LogP contribution is -2.45. The molecule has 0 atom stereocenters. The second kappa shape index (κ2) is 6.78. The van der Waals surface area contributed by atoms with Gasteiger partial charge in [0, 0.05) is 44.4 Å². The summed E-state index contributed by atoms with van der Waals surface area (Å²) >= 11 is 0. The number of fused-ring (bicyclic) bond motifs is 1. The van der Waals surface area contributed by atoms with Gasteiger partial charge in [0.25, 0.3) is 11.3 Å². The number of H-pyrrole nitrogens is 1. The molecule has 25 heavy (non-hydrogen) atoms. The molecule has 0 aliphatic carbocycles. The van der Waals surface area contributed by atoms with E-state index in [2.05, 4.69) is 31.8 Å². The van der Waals surface area contributed by atoms with Crippen LogP contribution in [0.15, 0.2) is 41.2 Å². The van der Waals surface area contributed by atoms with Gasteiger partial charge in [-0.2, -0.15) is 9.50 Å². The molecular formula is C18H22N6O. The Bertz CT molecular complexity index is 908. The van der Waals surface area contributed by atoms with E-state index in [-0.39, 0.29) is 5.56 Å². The maximum Gasteiger partial charge on any atom is 0.274 e. The SMILES string of the molecule is CCN1CCN(Cc2cc(=O)n3[nH]c(-c4ccccc4)nc3n2)CC1. The summed E-state index contributed by atoms with van der Waals surface area (Å²) in [7, 11) is 0. The second-order valence-corrected chi connectivity index (χ2v) is 6.37. The molecule has 0 amide bonds. The van der Waals surface area contributed by atoms with Crippen molar-refractivity contribution in [3.05, 3.63) is 52.4 Å². The average molecular weight is 338 g/mol. The maximum absolute atomic E-state index is 12.4. The highest BCUT2D eigenvalue weighted by atomic mass is 16.1. The molecule has 4 rings (SSSR count). The summed E-state index contributed by atoms with van der Waals surface area (Å²) in [5.74, 6) is 1.08. The Hall–Kier alpha value is -2.51. The van der Waals surface area contributed by atoms with Crippen LogP contribution in [0, 0.1) is 0 Å². The van der Waals surface area contributed by atoms with E-state index in [0.29, 0.717) is 18.1 Å². The first-order valence-electron chi connectivity index (χ1n) is 8.72. The van der Waals surface area contributed by atoms with Crippen molar-refractivity contribution in [2.24, 2.45) is 0 Å². The quantitative estimate of drug-likeness (QED) is 0.775. The van der Waals surface area contributed by atoms with Crippen LogP contribution < -0.4 is 5.56 Å². The number of piperazine rings is 1. The second-order valence-electron chi connectivity index (χ2n) is 6.37. The fourth-order valence-corrected chi connectivity index (χ4v) is 3.23. The van der Waals surface area contributed by atoms with Crippen molar-refractivity contribution < 1.29 is 0 Å². The zero-order valence-corrected chi connectivity index (χ0v) is 14.4. The molecule has 3 aromatic rings. The Morgan fingerprint density at radius 3 is 2.48 bits per heavy atom. The first-order chi connectivity index (χ1) is 12.2. The summed E-state index contributed by atoms with van der Waals surface area (Å²) < 4.78 is 1.40. The molecule has 1 N–H and O–H groups in total. The van der Waals surface area contributed by atoms with Gasteiger partial charge in [-0.1, -0.05) is 37.3 Å². The first kappa shape index (κ1) is 16.0. The molecule has 7 heteroatoms. The van der Waals surface area contributed by atoms with E-state index in [0.717, 1.165) is 44.0 Å². The number of likely N-dealkylation sites (N-methyl/N-ethyl adjacent to an activating group) is 1. The smallest absolute Gasteiger partial charge is 0.274 e. The third-order valence-electron chi connectivity index (χ3n) is 4.73. The van der Waals surface area contributed by atoms with Crippen LogP contribution in [0.2, 0.25) is 0 Å². The number of aromatic amines is 1. The molecule has 1 fully saturated rings. The standard InChI is InChI=1S/C18H22N6O/c1-2-22-8-10-23(11-9-22)13-15-12-16(25)24-18(19-15)20-17(21-24)14-6-4-3-5-7-14/h3-7,12H,2,8-11,13H2,1H3,(H,19,20,21). The Kier molecular flexibility index (Phi) is 4.33. The first-order valence-corrected chi connectivity index (χ1v) is 8.72. The predicted molar refractivity (Wildman–Crippen MR) is 96.4 cm³/mol. The highest BCUT2D eigenvalue weighted by molar-refractivity contribution is 5.56. The number of hydrogen-bond donors (Lipinski definition) is 1. The Morgan fingerprint density at radius 1 is 1.04 bits per heavy atom. The summed E-state index contributed by atoms with van der Waals surface area (Å²) in [5, 5.41) is 3.03. The minimum Gasteiger partial charge on any atom is -0.301 e. The fourth-order valence-electron chi connectivity index (χ4n) is 3.23. The Labute approximate surface area is 145 Å². The van der Waals surface area contributed by atoms with Crippen LogP contribution in [0.3, 0.4) is 0 Å². The van der Waals surface area contributed by atoms with Gasteiger partial charge in [-0.25, -0.2) is 4.98 Å². The van der Waals surface area contributed by atoms with Crippen LogP contribution >= 0.6 is 0 Å². The predicted octanol–water partition coefficient (Wildman–Crippen LogP) is 1.22. The lowest BCUT2D eigenvalue weighted by atomic mass is 10.2. The van der Waals surface area contributed by atoms with Crippen LogP contribution in [0.25, 0.3) is 17.2 Å². The van der Waals surface area contributed by atoms with Crippen molar-refractivity contribution >= 4 is 5.78 Å². The molecule has 130 valence electrons. The lowest BCUT2D eigenvalue weighted by molar-refractivity contribution is 0.131. The van der Waals surface area contributed by atoms with Gasteiger partial charge in [0.2, 0.25) is 0 Å². The van der Waals surface area contributed by atoms with Gasteiger partial charge < -0.3 is 4.90 Å². The normalized spacial score (nSPS) is 16.5. The zero-order chi connectivity index (χ0) is 17.2. The van der Waals surface area contributed by atoms with Crippen molar-refractivity contribution in [3.8, 4) is 11.4 Å². The van der Waals surface area contributed by atoms with E-state index in [1.807, 2.05) is 30.3 Å². The number of benzene rings is 1. The van der Waals surface area contributed by atoms with Crippen molar-refractivity contribution in [3.63, 3.8) is 0 Å². The molecule has 0 radical (unpaired) electrons. The van der Waals surface area contributed by atoms with Crippen LogP contribution in [-0.4, -0.2) is 62.1 Å². The van der Waals surface area contributed by atoms with Gasteiger partial charge in [0.1, 0.15) is 0 Å². The van der Waals surface area contributed by atoms with Crippen molar-refractivity contribution in [2.45, 2.75) is 13.5 Å². The van der Waals surface area contributed by atoms with Gasteiger partial charge in [-0.15, -0.1) is 0 Å². The summed E-state index contributed by atoms with van der Waals surface area (Å²) in [6, 6.07) is 11.4. The minimum atomic E-state index is -0.123. The van der Waals surface area contributed by atoms with Gasteiger partial charge in [0.15, 0.2) is 5.82 Å². The van der Waals surface area contributed by atoms with Crippen molar-refractivity contribution in [1.29, 1.82) is 0 Å². The molecule has 0 saturated carbocycles. The third kappa shape index (κ3) is 3.33. The number of rotatable bonds is 4. The van der Waals surface area contributed by atoms with Crippen LogP contribution in [0.1, 0.15) is 12.6 Å². The molecule has 3 heterocycles. The molecule has 1 aromatic carbocycles. The largest absolute Gasteiger partial charge is 0.301 e. The van der Waals surface area contributed by atoms with E-state index >= 15 is 0 Å². The topological polar surface area (TPSA) is 69.5 Å². The molecular weight excluding hydrogens is 316 g/mol. The average Bonchev–Trinajstić information content (AvgIpc) is 3.08. The Morgan fingerprint density at radius 2 is 1.76 bits per heavy atom. The number of nitrogens with one attached hydrogen (secondary N) is 1. The molecule has 0 unspecified atom stereocenters. The highest BCUT2D eigenvalue weighted by Crippen LogP contribution is 2.14. The molecule has 1 aliphatic heterocycles. The lowest BCUT2D eigenvalue weighted by Gasteiger charge is -2.33. The number of nitrogens with zero attached hydrogens (tertiary/aromatic N) is 5. The van der Waals surface area contributed by atoms with E-state index in [9.17, 15) is 4.79 Å². The van der Waals surface area contributed by atoms with Gasteiger partial charge in [-0.05, 0) is 6.54 Å². The summed E-state index contributed by atoms with van der Waals surface area (Å²) in [6.07, 6.45) is 0. The summed E-state index contributed by atoms with van der Waals surface area (Å²) in [4.78, 5) is 26.3. The van der Waals surface area contributed by atoms with Crippen molar-refractivity contribution in [2.75, 3.05) is 32.7 Å². The molecule has 2 aromatic heterocycles. The summed E-state index contributed by atoms with van der Waals surface area (Å²) in [6.45, 7) is 8.12. The van der Waals surface area contributed by atoms with Gasteiger partial charge in [-0.3, -0.25) is 14.8 Å². The van der Waals surface area contributed by atoms with Gasteiger partial charge in [0.05, 0.1) is 5.69 Å². The zero-order valence-electron chi connectivity index (χ0n) is 14.4. The fraction of sp³-hybridized carbons (Fsp3) is 0.389. The molecule has 0 spiro atoms. The van der Waals surface area contributed by atoms with E-state index < -0.39 is 0 Å². The number of aromatic nitrogens is 4. The highest BCUT2D eigenvalue weighted by Gasteiger charge is 2.17. The monoisotopic (exact) mass is 338 g/mol. The van der Waals surface area contributed by atoms with E-state index in [1.54, 1.807) is 6.07 Å². The van der Waals surface area contributed by atoms with Crippen LogP contribution in [0.5, 0.6) is 0 Å². The van der Waals surface area contributed by atoms with E-state index in [4.69, 9.17) is 0 Å². The maximum atomic E-state index is 12.4. The summed E-state index contributed by atoms with van der Waals surface area (Å²) in [5.41, 5.74) is 1.59. The van der Waals surface area contributed by atoms with Crippen molar-refractivity contribution in [1.82, 2.24) is 29.4 Å². The molecule has 1 saturated heterocycles. The van der Waals surface area contributed by atoms with Crippen LogP contribution in [0.4, 0.5) is 0 Å². The molecule has 7 nitrogen and oxygen atoms in total. The number of hydrogen-bond acceptors (Lipinski definition) is 5. The minimum absolute atomic E-state index is 0.123. The molecule has 1 aliphatic rings. The van der Waals surface area contributed by atoms with E-state index in [1.165, 1.54) is 4.52 Å².